The lowest BCUT2D eigenvalue weighted by Gasteiger charge is -2.26. The van der Waals surface area contributed by atoms with Crippen LogP contribution in [0.25, 0.3) is 69.4 Å². The Kier molecular flexibility index (Phi) is 6.47. The Morgan fingerprint density at radius 1 is 0.418 bits per heavy atom. The molecule has 0 amide bonds. The minimum atomic E-state index is 0.890. The fourth-order valence-corrected chi connectivity index (χ4v) is 9.94. The van der Waals surface area contributed by atoms with Crippen LogP contribution in [0, 0.1) is 0 Å². The molecule has 0 saturated carbocycles. The Morgan fingerprint density at radius 2 is 1.02 bits per heavy atom. The molecule has 0 radical (unpaired) electrons. The number of benzene rings is 8. The molecule has 0 spiro atoms. The van der Waals surface area contributed by atoms with Gasteiger partial charge in [-0.2, -0.15) is 0 Å². The monoisotopic (exact) mass is 721 g/mol. The minimum Gasteiger partial charge on any atom is -0.439 e. The zero-order valence-corrected chi connectivity index (χ0v) is 30.4. The molecule has 8 aromatic carbocycles. The quantitative estimate of drug-likeness (QED) is 0.171. The molecule has 0 unspecified atom stereocenters. The highest BCUT2D eigenvalue weighted by Gasteiger charge is 2.29. The predicted molar refractivity (Wildman–Crippen MR) is 233 cm³/mol. The molecule has 0 fully saturated rings. The van der Waals surface area contributed by atoms with Crippen molar-refractivity contribution in [3.05, 3.63) is 188 Å². The van der Waals surface area contributed by atoms with Gasteiger partial charge < -0.3 is 14.2 Å². The number of furan rings is 1. The van der Waals surface area contributed by atoms with Gasteiger partial charge in [-0.3, -0.25) is 4.40 Å². The predicted octanol–water partition coefficient (Wildman–Crippen LogP) is 14.9. The van der Waals surface area contributed by atoms with Gasteiger partial charge in [-0.05, 0) is 102 Å². The highest BCUT2D eigenvalue weighted by atomic mass is 32.1. The second-order valence-corrected chi connectivity index (χ2v) is 15.2. The first-order valence-corrected chi connectivity index (χ1v) is 19.4. The van der Waals surface area contributed by atoms with Crippen molar-refractivity contribution in [1.82, 2.24) is 4.40 Å². The van der Waals surface area contributed by atoms with Crippen LogP contribution in [0.4, 0.5) is 34.1 Å². The molecule has 5 heteroatoms. The number of rotatable bonds is 6. The van der Waals surface area contributed by atoms with Crippen LogP contribution in [0.5, 0.6) is 0 Å². The van der Waals surface area contributed by atoms with Gasteiger partial charge >= 0.3 is 0 Å². The van der Waals surface area contributed by atoms with Gasteiger partial charge in [0.25, 0.3) is 0 Å². The summed E-state index contributed by atoms with van der Waals surface area (Å²) < 4.78 is 10.7. The molecule has 0 aliphatic heterocycles. The summed E-state index contributed by atoms with van der Waals surface area (Å²) in [6.07, 6.45) is 0. The van der Waals surface area contributed by atoms with Gasteiger partial charge in [0.2, 0.25) is 5.71 Å². The van der Waals surface area contributed by atoms with E-state index in [0.717, 1.165) is 61.6 Å². The lowest BCUT2D eigenvalue weighted by molar-refractivity contribution is 0.652. The van der Waals surface area contributed by atoms with Crippen molar-refractivity contribution in [2.45, 2.75) is 0 Å². The number of thiophene rings is 1. The third kappa shape index (κ3) is 4.45. The summed E-state index contributed by atoms with van der Waals surface area (Å²) in [6, 6.07) is 67.3. The number of hydrogen-bond acceptors (Lipinski definition) is 4. The zero-order chi connectivity index (χ0) is 36.0. The van der Waals surface area contributed by atoms with Gasteiger partial charge in [0.05, 0.1) is 16.6 Å². The molecule has 0 aliphatic carbocycles. The first-order valence-electron chi connectivity index (χ1n) is 18.6. The molecule has 0 saturated heterocycles. The maximum atomic E-state index is 7.04. The average Bonchev–Trinajstić information content (AvgIpc) is 3.98. The maximum absolute atomic E-state index is 7.04. The molecular formula is C50H31N3OS. The zero-order valence-electron chi connectivity index (χ0n) is 29.6. The molecule has 12 aromatic rings. The minimum absolute atomic E-state index is 0.890. The standard InChI is InChI=1S/C50H31N3OS/c1-5-15-34(16-6-1)51(35-17-7-2-8-18-35)38-26-25-32-30-41-43(31-33(32)29-38)54-49-45(41)40-27-28-42(52(36-19-9-3-10-20-36)37-21-11-4-12-22-37)47-46-39-23-13-14-24-44(39)55-50(46)53(49)48(40)47/h1-31H. The molecule has 0 N–H and O–H groups in total. The van der Waals surface area contributed by atoms with Crippen LogP contribution in [0.2, 0.25) is 0 Å². The molecule has 4 heterocycles. The van der Waals surface area contributed by atoms with Gasteiger partial charge in [-0.15, -0.1) is 11.3 Å². The van der Waals surface area contributed by atoms with Crippen LogP contribution in [0.3, 0.4) is 0 Å². The molecule has 0 bridgehead atoms. The summed E-state index contributed by atoms with van der Waals surface area (Å²) in [5.74, 6) is 0. The van der Waals surface area contributed by atoms with Crippen molar-refractivity contribution in [2.75, 3.05) is 9.80 Å². The van der Waals surface area contributed by atoms with E-state index in [1.807, 2.05) is 11.3 Å². The summed E-state index contributed by atoms with van der Waals surface area (Å²) in [4.78, 5) is 5.91. The van der Waals surface area contributed by atoms with Crippen LogP contribution in [0.1, 0.15) is 0 Å². The summed E-state index contributed by atoms with van der Waals surface area (Å²) in [6.45, 7) is 0. The Balaban J connectivity index is 1.13. The highest BCUT2D eigenvalue weighted by molar-refractivity contribution is 7.25. The fourth-order valence-electron chi connectivity index (χ4n) is 8.73. The maximum Gasteiger partial charge on any atom is 0.214 e. The van der Waals surface area contributed by atoms with Crippen LogP contribution < -0.4 is 9.80 Å². The van der Waals surface area contributed by atoms with Gasteiger partial charge in [-0.1, -0.05) is 97.1 Å². The van der Waals surface area contributed by atoms with E-state index in [2.05, 4.69) is 202 Å². The van der Waals surface area contributed by atoms with Crippen molar-refractivity contribution in [3.8, 4) is 0 Å². The Morgan fingerprint density at radius 3 is 1.67 bits per heavy atom. The number of hydrogen-bond donors (Lipinski definition) is 0. The highest BCUT2D eigenvalue weighted by Crippen LogP contribution is 2.52. The van der Waals surface area contributed by atoms with E-state index >= 15 is 0 Å². The molecule has 258 valence electrons. The van der Waals surface area contributed by atoms with E-state index in [1.165, 1.54) is 42.0 Å². The molecule has 4 nitrogen and oxygen atoms in total. The van der Waals surface area contributed by atoms with Gasteiger partial charge in [-0.25, -0.2) is 0 Å². The van der Waals surface area contributed by atoms with Crippen LogP contribution in [-0.2, 0) is 0 Å². The van der Waals surface area contributed by atoms with E-state index in [-0.39, 0.29) is 0 Å². The van der Waals surface area contributed by atoms with Crippen molar-refractivity contribution in [3.63, 3.8) is 0 Å². The Bertz CT molecular complexity index is 3290. The molecular weight excluding hydrogens is 691 g/mol. The van der Waals surface area contributed by atoms with E-state index in [4.69, 9.17) is 4.42 Å². The molecule has 0 aliphatic rings. The summed E-state index contributed by atoms with van der Waals surface area (Å²) in [5, 5.41) is 9.59. The molecule has 55 heavy (non-hydrogen) atoms. The largest absolute Gasteiger partial charge is 0.439 e. The third-order valence-corrected chi connectivity index (χ3v) is 12.2. The number of aromatic nitrogens is 1. The SMILES string of the molecule is c1ccc(N(c2ccccc2)c2ccc3cc4c(cc3c2)oc2c4c3ccc(N(c4ccccc4)c4ccccc4)c4c5c6ccccc6sc5n2c34)cc1. The number of anilines is 6. The molecule has 0 atom stereocenters. The van der Waals surface area contributed by atoms with Crippen LogP contribution >= 0.6 is 11.3 Å². The summed E-state index contributed by atoms with van der Waals surface area (Å²) in [5.41, 5.74) is 9.70. The van der Waals surface area contributed by atoms with Crippen LogP contribution in [-0.4, -0.2) is 4.40 Å². The van der Waals surface area contributed by atoms with Gasteiger partial charge in [0, 0.05) is 60.1 Å². The van der Waals surface area contributed by atoms with E-state index in [1.54, 1.807) is 0 Å². The average molecular weight is 722 g/mol. The summed E-state index contributed by atoms with van der Waals surface area (Å²) in [7, 11) is 0. The van der Waals surface area contributed by atoms with Gasteiger partial charge in [0.1, 0.15) is 10.4 Å². The van der Waals surface area contributed by atoms with Crippen LogP contribution in [0.15, 0.2) is 192 Å². The van der Waals surface area contributed by atoms with Crippen molar-refractivity contribution < 1.29 is 4.42 Å². The van der Waals surface area contributed by atoms with E-state index < -0.39 is 0 Å². The first kappa shape index (κ1) is 30.4. The molecule has 12 rings (SSSR count). The molecule has 4 aromatic heterocycles. The van der Waals surface area contributed by atoms with Crippen molar-refractivity contribution in [2.24, 2.45) is 0 Å². The summed E-state index contributed by atoms with van der Waals surface area (Å²) >= 11 is 1.84. The normalized spacial score (nSPS) is 12.0. The second kappa shape index (κ2) is 11.7. The van der Waals surface area contributed by atoms with Gasteiger partial charge in [0.15, 0.2) is 0 Å². The number of nitrogens with zero attached hydrogens (tertiary/aromatic N) is 3. The second-order valence-electron chi connectivity index (χ2n) is 14.1. The van der Waals surface area contributed by atoms with Crippen molar-refractivity contribution >= 4 is 115 Å². The van der Waals surface area contributed by atoms with E-state index in [0.29, 0.717) is 0 Å². The van der Waals surface area contributed by atoms with E-state index in [9.17, 15) is 0 Å². The lowest BCUT2D eigenvalue weighted by Crippen LogP contribution is -2.10. The smallest absolute Gasteiger partial charge is 0.214 e. The first-order chi connectivity index (χ1) is 27.3. The fraction of sp³-hybridized carbons (Fsp3) is 0. The number of para-hydroxylation sites is 4. The van der Waals surface area contributed by atoms with Crippen molar-refractivity contribution in [1.29, 1.82) is 0 Å². The Labute approximate surface area is 320 Å². The number of fused-ring (bicyclic) bond motifs is 11. The third-order valence-electron chi connectivity index (χ3n) is 11.1. The lowest BCUT2D eigenvalue weighted by atomic mass is 10.0. The Hall–Kier alpha value is -7.08. The topological polar surface area (TPSA) is 24.0 Å².